The summed E-state index contributed by atoms with van der Waals surface area (Å²) in [6.07, 6.45) is 1.86. The Morgan fingerprint density at radius 1 is 1.71 bits per heavy atom. The van der Waals surface area contributed by atoms with Gasteiger partial charge in [0.05, 0.1) is 23.5 Å². The third-order valence-electron chi connectivity index (χ3n) is 2.30. The lowest BCUT2D eigenvalue weighted by Crippen LogP contribution is -2.11. The molecule has 0 spiro atoms. The molecule has 0 fully saturated rings. The van der Waals surface area contributed by atoms with E-state index in [4.69, 9.17) is 22.2 Å². The summed E-state index contributed by atoms with van der Waals surface area (Å²) in [4.78, 5) is 20.6. The Balaban J connectivity index is 2.41. The number of pyridine rings is 1. The molecule has 2 N–H and O–H groups in total. The second-order valence-electron chi connectivity index (χ2n) is 3.41. The van der Waals surface area contributed by atoms with Crippen molar-refractivity contribution in [2.24, 2.45) is 5.16 Å². The third kappa shape index (κ3) is 2.16. The van der Waals surface area contributed by atoms with Gasteiger partial charge in [-0.15, -0.1) is 0 Å². The Hall–Kier alpha value is -1.82. The average Bonchev–Trinajstić information content (AvgIpc) is 2.85. The van der Waals surface area contributed by atoms with Crippen LogP contribution < -0.4 is 5.73 Å². The van der Waals surface area contributed by atoms with E-state index in [9.17, 15) is 4.79 Å². The number of rotatable bonds is 2. The van der Waals surface area contributed by atoms with Crippen LogP contribution in [0.2, 0.25) is 5.02 Å². The van der Waals surface area contributed by atoms with Crippen molar-refractivity contribution in [3.05, 3.63) is 22.5 Å². The molecular formula is C10H10ClN3O3. The van der Waals surface area contributed by atoms with Crippen molar-refractivity contribution < 1.29 is 14.4 Å². The topological polar surface area (TPSA) is 86.8 Å². The van der Waals surface area contributed by atoms with Gasteiger partial charge in [-0.3, -0.25) is 0 Å². The molecule has 90 valence electrons. The van der Waals surface area contributed by atoms with Crippen molar-refractivity contribution in [2.45, 2.75) is 12.5 Å². The number of hydrogen-bond donors (Lipinski definition) is 1. The van der Waals surface area contributed by atoms with Crippen LogP contribution >= 0.6 is 11.6 Å². The fourth-order valence-corrected chi connectivity index (χ4v) is 1.61. The van der Waals surface area contributed by atoms with Gasteiger partial charge in [-0.05, 0) is 6.07 Å². The van der Waals surface area contributed by atoms with E-state index in [0.29, 0.717) is 12.1 Å². The van der Waals surface area contributed by atoms with Crippen LogP contribution in [0, 0.1) is 0 Å². The van der Waals surface area contributed by atoms with Gasteiger partial charge in [0.15, 0.2) is 11.8 Å². The van der Waals surface area contributed by atoms with Gasteiger partial charge in [-0.2, -0.15) is 0 Å². The van der Waals surface area contributed by atoms with E-state index in [1.165, 1.54) is 7.11 Å². The molecule has 0 bridgehead atoms. The number of nitrogen functional groups attached to an aromatic ring is 1. The molecule has 0 radical (unpaired) electrons. The summed E-state index contributed by atoms with van der Waals surface area (Å²) in [5.41, 5.74) is 6.45. The lowest BCUT2D eigenvalue weighted by Gasteiger charge is -2.11. The van der Waals surface area contributed by atoms with Gasteiger partial charge in [0.2, 0.25) is 0 Å². The number of hydrogen-bond acceptors (Lipinski definition) is 6. The van der Waals surface area contributed by atoms with E-state index in [1.807, 2.05) is 0 Å². The van der Waals surface area contributed by atoms with E-state index >= 15 is 0 Å². The molecule has 1 aromatic heterocycles. The van der Waals surface area contributed by atoms with Crippen molar-refractivity contribution in [2.75, 3.05) is 12.8 Å². The summed E-state index contributed by atoms with van der Waals surface area (Å²) in [6, 6.07) is 1.56. The minimum Gasteiger partial charge on any atom is -0.464 e. The molecule has 2 rings (SSSR count). The standard InChI is InChI=1S/C10H10ClN3O3/c1-16-10(15)9-8(11)5(12)4-6(14-9)7-2-3-13-17-7/h3-4,7H,2H2,1H3,(H2,12,14). The largest absolute Gasteiger partial charge is 0.464 e. The Morgan fingerprint density at radius 3 is 3.06 bits per heavy atom. The normalized spacial score (nSPS) is 17.9. The average molecular weight is 256 g/mol. The van der Waals surface area contributed by atoms with Crippen LogP contribution in [-0.2, 0) is 9.57 Å². The molecule has 0 saturated carbocycles. The number of esters is 1. The summed E-state index contributed by atoms with van der Waals surface area (Å²) in [6.45, 7) is 0. The minimum atomic E-state index is -0.637. The van der Waals surface area contributed by atoms with Crippen molar-refractivity contribution >= 4 is 29.5 Å². The molecule has 0 aliphatic carbocycles. The molecule has 1 atom stereocenters. The summed E-state index contributed by atoms with van der Waals surface area (Å²) in [5, 5.41) is 3.72. The molecule has 1 aliphatic heterocycles. The Bertz CT molecular complexity index is 482. The highest BCUT2D eigenvalue weighted by atomic mass is 35.5. The number of ether oxygens (including phenoxy) is 1. The van der Waals surface area contributed by atoms with Gasteiger partial charge < -0.3 is 15.3 Å². The fraction of sp³-hybridized carbons (Fsp3) is 0.300. The van der Waals surface area contributed by atoms with Crippen LogP contribution in [0.3, 0.4) is 0 Å². The van der Waals surface area contributed by atoms with Crippen LogP contribution in [0.15, 0.2) is 11.2 Å². The highest BCUT2D eigenvalue weighted by Gasteiger charge is 2.23. The SMILES string of the molecule is COC(=O)c1nc(C2CC=NO2)cc(N)c1Cl. The van der Waals surface area contributed by atoms with Crippen molar-refractivity contribution in [1.29, 1.82) is 0 Å². The number of carbonyl (C=O) groups is 1. The van der Waals surface area contributed by atoms with E-state index in [2.05, 4.69) is 14.9 Å². The second kappa shape index (κ2) is 4.58. The van der Waals surface area contributed by atoms with Gasteiger partial charge in [-0.1, -0.05) is 16.8 Å². The molecule has 7 heteroatoms. The smallest absolute Gasteiger partial charge is 0.358 e. The molecule has 2 heterocycles. The summed E-state index contributed by atoms with van der Waals surface area (Å²) in [7, 11) is 1.25. The molecular weight excluding hydrogens is 246 g/mol. The lowest BCUT2D eigenvalue weighted by molar-refractivity contribution is 0.0589. The summed E-state index contributed by atoms with van der Waals surface area (Å²) < 4.78 is 4.58. The van der Waals surface area contributed by atoms with Gasteiger partial charge >= 0.3 is 5.97 Å². The van der Waals surface area contributed by atoms with E-state index in [1.54, 1.807) is 12.3 Å². The number of anilines is 1. The van der Waals surface area contributed by atoms with Crippen molar-refractivity contribution in [3.8, 4) is 0 Å². The molecule has 1 aliphatic rings. The summed E-state index contributed by atoms with van der Waals surface area (Å²) >= 11 is 5.89. The first-order chi connectivity index (χ1) is 8.13. The van der Waals surface area contributed by atoms with Gasteiger partial charge in [0.1, 0.15) is 0 Å². The number of nitrogens with two attached hydrogens (primary N) is 1. The molecule has 6 nitrogen and oxygen atoms in total. The van der Waals surface area contributed by atoms with Gasteiger partial charge in [-0.25, -0.2) is 9.78 Å². The molecule has 1 unspecified atom stereocenters. The summed E-state index contributed by atoms with van der Waals surface area (Å²) in [5.74, 6) is -0.637. The molecule has 0 amide bonds. The number of carbonyl (C=O) groups excluding carboxylic acids is 1. The third-order valence-corrected chi connectivity index (χ3v) is 2.69. The number of methoxy groups -OCH3 is 1. The molecule has 17 heavy (non-hydrogen) atoms. The fourth-order valence-electron chi connectivity index (χ4n) is 1.44. The first-order valence-corrected chi connectivity index (χ1v) is 5.23. The van der Waals surface area contributed by atoms with Gasteiger partial charge in [0.25, 0.3) is 0 Å². The number of nitrogens with zero attached hydrogens (tertiary/aromatic N) is 2. The monoisotopic (exact) mass is 255 g/mol. The number of aromatic nitrogens is 1. The predicted molar refractivity (Wildman–Crippen MR) is 61.9 cm³/mol. The predicted octanol–water partition coefficient (Wildman–Crippen LogP) is 1.55. The number of halogens is 1. The molecule has 1 aromatic rings. The highest BCUT2D eigenvalue weighted by Crippen LogP contribution is 2.29. The Kier molecular flexibility index (Phi) is 3.14. The minimum absolute atomic E-state index is 0.0142. The molecule has 0 saturated heterocycles. The zero-order valence-electron chi connectivity index (χ0n) is 9.01. The molecule has 0 aromatic carbocycles. The van der Waals surface area contributed by atoms with Crippen LogP contribution in [0.4, 0.5) is 5.69 Å². The highest BCUT2D eigenvalue weighted by molar-refractivity contribution is 6.35. The van der Waals surface area contributed by atoms with E-state index < -0.39 is 5.97 Å². The Morgan fingerprint density at radius 2 is 2.47 bits per heavy atom. The zero-order valence-corrected chi connectivity index (χ0v) is 9.77. The maximum absolute atomic E-state index is 11.5. The van der Waals surface area contributed by atoms with Crippen LogP contribution in [0.25, 0.3) is 0 Å². The second-order valence-corrected chi connectivity index (χ2v) is 3.79. The van der Waals surface area contributed by atoms with Gasteiger partial charge in [0, 0.05) is 12.6 Å². The maximum atomic E-state index is 11.5. The van der Waals surface area contributed by atoms with E-state index in [-0.39, 0.29) is 22.5 Å². The van der Waals surface area contributed by atoms with E-state index in [0.717, 1.165) is 0 Å². The zero-order chi connectivity index (χ0) is 12.4. The van der Waals surface area contributed by atoms with Crippen molar-refractivity contribution in [1.82, 2.24) is 4.98 Å². The first-order valence-electron chi connectivity index (χ1n) is 4.85. The van der Waals surface area contributed by atoms with Crippen LogP contribution in [0.1, 0.15) is 28.7 Å². The first kappa shape index (κ1) is 11.7. The lowest BCUT2D eigenvalue weighted by atomic mass is 10.1. The van der Waals surface area contributed by atoms with Crippen LogP contribution in [0.5, 0.6) is 0 Å². The number of oxime groups is 1. The quantitative estimate of drug-likeness (QED) is 0.810. The van der Waals surface area contributed by atoms with Crippen molar-refractivity contribution in [3.63, 3.8) is 0 Å². The van der Waals surface area contributed by atoms with Crippen LogP contribution in [-0.4, -0.2) is 24.3 Å². The Labute approximate surface area is 102 Å². The maximum Gasteiger partial charge on any atom is 0.358 e.